The third-order valence-electron chi connectivity index (χ3n) is 7.16. The van der Waals surface area contributed by atoms with Gasteiger partial charge in [0, 0.05) is 32.7 Å². The van der Waals surface area contributed by atoms with Gasteiger partial charge in [0.1, 0.15) is 11.6 Å². The van der Waals surface area contributed by atoms with Crippen molar-refractivity contribution in [3.8, 4) is 0 Å². The molecule has 0 N–H and O–H groups in total. The van der Waals surface area contributed by atoms with Gasteiger partial charge in [0.15, 0.2) is 5.58 Å². The van der Waals surface area contributed by atoms with Gasteiger partial charge in [-0.25, -0.2) is 4.79 Å². The Bertz CT molecular complexity index is 1210. The molecule has 7 nitrogen and oxygen atoms in total. The summed E-state index contributed by atoms with van der Waals surface area (Å²) in [7, 11) is 0. The summed E-state index contributed by atoms with van der Waals surface area (Å²) in [6, 6.07) is 13.5. The van der Waals surface area contributed by atoms with Crippen molar-refractivity contribution in [2.75, 3.05) is 31.1 Å². The molecule has 3 heterocycles. The van der Waals surface area contributed by atoms with Crippen LogP contribution >= 0.6 is 0 Å². The van der Waals surface area contributed by atoms with Crippen molar-refractivity contribution in [2.45, 2.75) is 57.6 Å². The Hall–Kier alpha value is -3.27. The number of aromatic nitrogens is 1. The molecule has 0 aliphatic carbocycles. The summed E-state index contributed by atoms with van der Waals surface area (Å²) < 4.78 is 50.7. The summed E-state index contributed by atoms with van der Waals surface area (Å²) in [4.78, 5) is 23.5. The average Bonchev–Trinajstić information content (AvgIpc) is 3.29. The van der Waals surface area contributed by atoms with Crippen LogP contribution in [0.3, 0.4) is 0 Å². The Balaban J connectivity index is 1.16. The number of amides is 1. The van der Waals surface area contributed by atoms with Crippen LogP contribution in [0.5, 0.6) is 0 Å². The van der Waals surface area contributed by atoms with Crippen LogP contribution in [-0.4, -0.2) is 65.2 Å². The topological polar surface area (TPSA) is 62.1 Å². The van der Waals surface area contributed by atoms with Crippen LogP contribution in [-0.2, 0) is 17.5 Å². The number of carbonyl (C=O) groups excluding carboxylic acids is 1. The van der Waals surface area contributed by atoms with E-state index >= 15 is 0 Å². The number of nitrogens with zero attached hydrogens (tertiary/aromatic N) is 4. The molecule has 2 aliphatic heterocycles. The molecule has 0 unspecified atom stereocenters. The highest BCUT2D eigenvalue weighted by atomic mass is 19.4. The number of likely N-dealkylation sites (tertiary alicyclic amines) is 1. The second kappa shape index (κ2) is 10.2. The lowest BCUT2D eigenvalue weighted by Gasteiger charge is -2.43. The molecule has 2 aliphatic rings. The molecule has 5 rings (SSSR count). The van der Waals surface area contributed by atoms with Crippen LogP contribution in [0.4, 0.5) is 24.0 Å². The van der Waals surface area contributed by atoms with Crippen molar-refractivity contribution >= 4 is 23.2 Å². The van der Waals surface area contributed by atoms with E-state index in [0.717, 1.165) is 44.6 Å². The van der Waals surface area contributed by atoms with Gasteiger partial charge in [0.25, 0.3) is 6.01 Å². The Morgan fingerprint density at radius 1 is 1.05 bits per heavy atom. The molecule has 1 amide bonds. The quantitative estimate of drug-likeness (QED) is 0.453. The lowest BCUT2D eigenvalue weighted by molar-refractivity contribution is -0.137. The number of rotatable bonds is 4. The number of ether oxygens (including phenoxy) is 1. The first-order valence-electron chi connectivity index (χ1n) is 12.7. The number of benzene rings is 2. The Labute approximate surface area is 213 Å². The minimum atomic E-state index is -4.45. The van der Waals surface area contributed by atoms with Crippen LogP contribution in [0.2, 0.25) is 0 Å². The molecule has 10 heteroatoms. The largest absolute Gasteiger partial charge is 0.446 e. The highest BCUT2D eigenvalue weighted by molar-refractivity contribution is 5.76. The molecule has 2 aromatic carbocycles. The minimum Gasteiger partial charge on any atom is -0.446 e. The van der Waals surface area contributed by atoms with E-state index in [1.165, 1.54) is 11.6 Å². The van der Waals surface area contributed by atoms with Crippen molar-refractivity contribution < 1.29 is 27.1 Å². The second-order valence-corrected chi connectivity index (χ2v) is 10.0. The van der Waals surface area contributed by atoms with Gasteiger partial charge in [-0.05, 0) is 50.5 Å². The van der Waals surface area contributed by atoms with Crippen LogP contribution in [0.25, 0.3) is 11.1 Å². The highest BCUT2D eigenvalue weighted by Gasteiger charge is 2.37. The molecule has 0 bridgehead atoms. The fraction of sp³-hybridized carbons (Fsp3) is 0.481. The van der Waals surface area contributed by atoms with Crippen LogP contribution in [0, 0.1) is 0 Å². The Kier molecular flexibility index (Phi) is 7.02. The predicted octanol–water partition coefficient (Wildman–Crippen LogP) is 5.55. The third-order valence-corrected chi connectivity index (χ3v) is 7.16. The van der Waals surface area contributed by atoms with Crippen molar-refractivity contribution in [3.63, 3.8) is 0 Å². The number of hydrogen-bond acceptors (Lipinski definition) is 6. The fourth-order valence-corrected chi connectivity index (χ4v) is 5.29. The van der Waals surface area contributed by atoms with E-state index in [-0.39, 0.29) is 35.9 Å². The third kappa shape index (κ3) is 5.69. The van der Waals surface area contributed by atoms with Gasteiger partial charge in [-0.2, -0.15) is 18.2 Å². The van der Waals surface area contributed by atoms with Gasteiger partial charge < -0.3 is 14.1 Å². The second-order valence-electron chi connectivity index (χ2n) is 10.0. The maximum atomic E-state index is 13.1. The van der Waals surface area contributed by atoms with Gasteiger partial charge in [-0.3, -0.25) is 9.80 Å². The summed E-state index contributed by atoms with van der Waals surface area (Å²) in [6.45, 7) is 7.37. The molecule has 0 spiro atoms. The standard InChI is InChI=1S/C27H31F3N4O3/c1-18-15-33(25-31-23-9-8-21(27(28,29)30)14-24(23)37-25)16-19(2)34(18)26(35)36-22-10-12-32(13-11-22)17-20-6-4-3-5-7-20/h3-9,14,18-19,22H,10-13,15-17H2,1-2H3/t18-,19-/m1/s1. The number of anilines is 1. The monoisotopic (exact) mass is 516 g/mol. The molecule has 2 atom stereocenters. The highest BCUT2D eigenvalue weighted by Crippen LogP contribution is 2.33. The number of carbonyl (C=O) groups is 1. The number of hydrogen-bond donors (Lipinski definition) is 0. The molecule has 0 radical (unpaired) electrons. The zero-order chi connectivity index (χ0) is 26.2. The summed E-state index contributed by atoms with van der Waals surface area (Å²) in [5.41, 5.74) is 0.954. The molecular formula is C27H31F3N4O3. The summed E-state index contributed by atoms with van der Waals surface area (Å²) in [6.07, 6.45) is -3.30. The first-order valence-corrected chi connectivity index (χ1v) is 12.7. The SMILES string of the molecule is C[C@@H]1CN(c2nc3ccc(C(F)(F)F)cc3o2)C[C@@H](C)N1C(=O)OC1CCN(Cc2ccccc2)CC1. The first kappa shape index (κ1) is 25.4. The van der Waals surface area contributed by atoms with Gasteiger partial charge in [0.2, 0.25) is 0 Å². The van der Waals surface area contributed by atoms with Gasteiger partial charge in [-0.1, -0.05) is 30.3 Å². The first-order chi connectivity index (χ1) is 17.7. The van der Waals surface area contributed by atoms with Crippen LogP contribution in [0.1, 0.15) is 37.8 Å². The van der Waals surface area contributed by atoms with E-state index in [9.17, 15) is 18.0 Å². The van der Waals surface area contributed by atoms with E-state index in [0.29, 0.717) is 18.6 Å². The van der Waals surface area contributed by atoms with Crippen LogP contribution < -0.4 is 4.90 Å². The van der Waals surface area contributed by atoms with Crippen molar-refractivity contribution in [2.24, 2.45) is 0 Å². The number of piperazine rings is 1. The van der Waals surface area contributed by atoms with Gasteiger partial charge >= 0.3 is 12.3 Å². The number of halogens is 3. The maximum Gasteiger partial charge on any atom is 0.416 e. The van der Waals surface area contributed by atoms with E-state index in [1.807, 2.05) is 36.9 Å². The normalized spacial score (nSPS) is 22.0. The molecule has 198 valence electrons. The summed E-state index contributed by atoms with van der Waals surface area (Å²) in [5, 5.41) is 0. The zero-order valence-corrected chi connectivity index (χ0v) is 20.9. The lowest BCUT2D eigenvalue weighted by Crippen LogP contribution is -2.59. The number of fused-ring (bicyclic) bond motifs is 1. The number of oxazole rings is 1. The number of alkyl halides is 3. The molecule has 2 saturated heterocycles. The minimum absolute atomic E-state index is 0.0885. The van der Waals surface area contributed by atoms with Crippen molar-refractivity contribution in [1.82, 2.24) is 14.8 Å². The van der Waals surface area contributed by atoms with Crippen molar-refractivity contribution in [1.29, 1.82) is 0 Å². The van der Waals surface area contributed by atoms with Crippen molar-refractivity contribution in [3.05, 3.63) is 59.7 Å². The summed E-state index contributed by atoms with van der Waals surface area (Å²) >= 11 is 0. The molecule has 37 heavy (non-hydrogen) atoms. The maximum absolute atomic E-state index is 13.1. The van der Waals surface area contributed by atoms with Crippen LogP contribution in [0.15, 0.2) is 52.9 Å². The van der Waals surface area contributed by atoms with E-state index in [1.54, 1.807) is 4.90 Å². The summed E-state index contributed by atoms with van der Waals surface area (Å²) in [5.74, 6) is 0. The average molecular weight is 517 g/mol. The Morgan fingerprint density at radius 3 is 2.38 bits per heavy atom. The molecule has 2 fully saturated rings. The lowest BCUT2D eigenvalue weighted by atomic mass is 10.1. The fourth-order valence-electron chi connectivity index (χ4n) is 5.29. The predicted molar refractivity (Wildman–Crippen MR) is 133 cm³/mol. The van der Waals surface area contributed by atoms with E-state index in [2.05, 4.69) is 22.0 Å². The zero-order valence-electron chi connectivity index (χ0n) is 20.9. The molecule has 0 saturated carbocycles. The van der Waals surface area contributed by atoms with E-state index in [4.69, 9.17) is 9.15 Å². The van der Waals surface area contributed by atoms with Gasteiger partial charge in [-0.15, -0.1) is 0 Å². The van der Waals surface area contributed by atoms with Gasteiger partial charge in [0.05, 0.1) is 17.6 Å². The molecule has 1 aromatic heterocycles. The number of piperidine rings is 1. The molecular weight excluding hydrogens is 485 g/mol. The van der Waals surface area contributed by atoms with E-state index < -0.39 is 11.7 Å². The smallest absolute Gasteiger partial charge is 0.416 e. The molecule has 3 aromatic rings. The Morgan fingerprint density at radius 2 is 1.73 bits per heavy atom.